The molecule has 4 aromatic rings. The van der Waals surface area contributed by atoms with Gasteiger partial charge in [-0.15, -0.1) is 11.3 Å². The lowest BCUT2D eigenvalue weighted by atomic mass is 10.1. The van der Waals surface area contributed by atoms with Crippen molar-refractivity contribution in [1.29, 1.82) is 0 Å². The van der Waals surface area contributed by atoms with Crippen molar-refractivity contribution >= 4 is 28.6 Å². The third kappa shape index (κ3) is 4.18. The molecule has 3 heterocycles. The van der Waals surface area contributed by atoms with Gasteiger partial charge in [0.15, 0.2) is 5.65 Å². The number of carbonyl (C=O) groups excluding carboxylic acids is 1. The van der Waals surface area contributed by atoms with Gasteiger partial charge < -0.3 is 10.6 Å². The van der Waals surface area contributed by atoms with Crippen molar-refractivity contribution in [2.24, 2.45) is 5.92 Å². The monoisotopic (exact) mass is 431 g/mol. The van der Waals surface area contributed by atoms with Crippen LogP contribution in [0.15, 0.2) is 54.0 Å². The Hall–Kier alpha value is -3.19. The predicted octanol–water partition coefficient (Wildman–Crippen LogP) is 5.08. The van der Waals surface area contributed by atoms with Gasteiger partial charge in [-0.05, 0) is 48.4 Å². The second kappa shape index (κ2) is 8.15. The molecule has 158 valence electrons. The Kier molecular flexibility index (Phi) is 5.19. The average Bonchev–Trinajstić information content (AvgIpc) is 3.25. The largest absolute Gasteiger partial charge is 0.382 e. The number of nitrogens with one attached hydrogen (secondary N) is 2. The van der Waals surface area contributed by atoms with Crippen molar-refractivity contribution in [2.45, 2.75) is 32.7 Å². The van der Waals surface area contributed by atoms with Gasteiger partial charge in [0.05, 0.1) is 22.5 Å². The Bertz CT molecular complexity index is 1210. The molecular weight excluding hydrogens is 406 g/mol. The summed E-state index contributed by atoms with van der Waals surface area (Å²) in [7, 11) is 0. The molecule has 1 fully saturated rings. The Morgan fingerprint density at radius 2 is 2.03 bits per heavy atom. The lowest BCUT2D eigenvalue weighted by Gasteiger charge is -2.12. The highest BCUT2D eigenvalue weighted by atomic mass is 32.1. The normalized spacial score (nSPS) is 13.6. The van der Waals surface area contributed by atoms with Gasteiger partial charge in [-0.25, -0.2) is 9.50 Å². The maximum atomic E-state index is 12.3. The van der Waals surface area contributed by atoms with Crippen molar-refractivity contribution in [1.82, 2.24) is 19.9 Å². The van der Waals surface area contributed by atoms with Crippen LogP contribution in [-0.4, -0.2) is 33.1 Å². The summed E-state index contributed by atoms with van der Waals surface area (Å²) in [6.07, 6.45) is 4.01. The van der Waals surface area contributed by atoms with Crippen molar-refractivity contribution in [3.05, 3.63) is 59.6 Å². The van der Waals surface area contributed by atoms with E-state index < -0.39 is 0 Å². The van der Waals surface area contributed by atoms with Gasteiger partial charge in [0.1, 0.15) is 5.69 Å². The number of carbonyl (C=O) groups is 1. The fourth-order valence-corrected chi connectivity index (χ4v) is 4.12. The molecule has 1 aromatic carbocycles. The number of amides is 1. The molecule has 0 spiro atoms. The maximum Gasteiger partial charge on any atom is 0.251 e. The fourth-order valence-electron chi connectivity index (χ4n) is 3.44. The minimum atomic E-state index is -0.00882. The summed E-state index contributed by atoms with van der Waals surface area (Å²) >= 11 is 1.67. The van der Waals surface area contributed by atoms with E-state index in [0.717, 1.165) is 52.5 Å². The number of hydrogen-bond donors (Lipinski definition) is 2. The van der Waals surface area contributed by atoms with E-state index in [1.807, 2.05) is 41.0 Å². The molecule has 0 saturated heterocycles. The van der Waals surface area contributed by atoms with E-state index in [9.17, 15) is 4.79 Å². The second-order valence-corrected chi connectivity index (χ2v) is 9.35. The van der Waals surface area contributed by atoms with Crippen LogP contribution in [-0.2, 0) is 0 Å². The van der Waals surface area contributed by atoms with Gasteiger partial charge in [0.25, 0.3) is 5.91 Å². The van der Waals surface area contributed by atoms with Crippen molar-refractivity contribution < 1.29 is 4.79 Å². The number of aromatic nitrogens is 3. The Morgan fingerprint density at radius 3 is 2.71 bits per heavy atom. The molecule has 0 radical (unpaired) electrons. The number of fused-ring (bicyclic) bond motifs is 1. The smallest absolute Gasteiger partial charge is 0.251 e. The second-order valence-electron chi connectivity index (χ2n) is 8.40. The molecule has 1 aliphatic rings. The minimum absolute atomic E-state index is 0.00882. The van der Waals surface area contributed by atoms with E-state index >= 15 is 0 Å². The quantitative estimate of drug-likeness (QED) is 0.428. The highest BCUT2D eigenvalue weighted by molar-refractivity contribution is 7.13. The summed E-state index contributed by atoms with van der Waals surface area (Å²) in [6.45, 7) is 5.23. The number of hydrogen-bond acceptors (Lipinski definition) is 5. The number of nitrogens with zero attached hydrogens (tertiary/aromatic N) is 3. The van der Waals surface area contributed by atoms with E-state index in [-0.39, 0.29) is 5.91 Å². The Balaban J connectivity index is 1.53. The van der Waals surface area contributed by atoms with Gasteiger partial charge >= 0.3 is 0 Å². The summed E-state index contributed by atoms with van der Waals surface area (Å²) < 4.78 is 1.90. The van der Waals surface area contributed by atoms with Gasteiger partial charge in [-0.2, -0.15) is 5.10 Å². The van der Waals surface area contributed by atoms with Gasteiger partial charge in [0.2, 0.25) is 0 Å². The number of rotatable bonds is 7. The molecule has 1 aliphatic carbocycles. The number of anilines is 1. The Morgan fingerprint density at radius 1 is 1.23 bits per heavy atom. The van der Waals surface area contributed by atoms with E-state index in [1.54, 1.807) is 11.3 Å². The van der Waals surface area contributed by atoms with Crippen LogP contribution in [0.2, 0.25) is 0 Å². The number of benzene rings is 1. The molecule has 31 heavy (non-hydrogen) atoms. The molecule has 0 atom stereocenters. The van der Waals surface area contributed by atoms with Crippen LogP contribution < -0.4 is 10.6 Å². The van der Waals surface area contributed by atoms with Crippen LogP contribution in [0.25, 0.3) is 27.5 Å². The van der Waals surface area contributed by atoms with Crippen LogP contribution >= 0.6 is 11.3 Å². The molecule has 3 aromatic heterocycles. The van der Waals surface area contributed by atoms with Gasteiger partial charge in [-0.1, -0.05) is 32.0 Å². The first-order valence-electron chi connectivity index (χ1n) is 10.7. The third-order valence-electron chi connectivity index (χ3n) is 5.30. The van der Waals surface area contributed by atoms with Crippen LogP contribution in [0.4, 0.5) is 5.69 Å². The number of thiophene rings is 1. The number of imidazole rings is 1. The summed E-state index contributed by atoms with van der Waals surface area (Å²) in [4.78, 5) is 18.1. The van der Waals surface area contributed by atoms with Gasteiger partial charge in [-0.3, -0.25) is 4.79 Å². The molecule has 2 N–H and O–H groups in total. The first kappa shape index (κ1) is 19.8. The predicted molar refractivity (Wildman–Crippen MR) is 126 cm³/mol. The SMILES string of the molecule is CC(C)CNc1cc(-c2cccs2)nn2c(-c3ccc(C(=O)NC4CC4)cc3)cnc12. The molecule has 1 amide bonds. The van der Waals surface area contributed by atoms with E-state index in [2.05, 4.69) is 47.0 Å². The third-order valence-corrected chi connectivity index (χ3v) is 6.19. The van der Waals surface area contributed by atoms with E-state index in [1.165, 1.54) is 0 Å². The van der Waals surface area contributed by atoms with Crippen molar-refractivity contribution in [2.75, 3.05) is 11.9 Å². The zero-order chi connectivity index (χ0) is 21.4. The zero-order valence-electron chi connectivity index (χ0n) is 17.6. The molecule has 0 bridgehead atoms. The molecular formula is C24H25N5OS. The van der Waals surface area contributed by atoms with Crippen molar-refractivity contribution in [3.63, 3.8) is 0 Å². The van der Waals surface area contributed by atoms with Crippen LogP contribution in [0.1, 0.15) is 37.0 Å². The molecule has 0 aliphatic heterocycles. The first-order chi connectivity index (χ1) is 15.1. The minimum Gasteiger partial charge on any atom is -0.382 e. The maximum absolute atomic E-state index is 12.3. The molecule has 7 heteroatoms. The molecule has 6 nitrogen and oxygen atoms in total. The summed E-state index contributed by atoms with van der Waals surface area (Å²) in [5.41, 5.74) is 5.23. The molecule has 0 unspecified atom stereocenters. The van der Waals surface area contributed by atoms with E-state index in [4.69, 9.17) is 5.10 Å². The molecule has 1 saturated carbocycles. The average molecular weight is 432 g/mol. The zero-order valence-corrected chi connectivity index (χ0v) is 18.4. The Labute approximate surface area is 185 Å². The first-order valence-corrected chi connectivity index (χ1v) is 11.5. The van der Waals surface area contributed by atoms with Crippen LogP contribution in [0.5, 0.6) is 0 Å². The standard InChI is InChI=1S/C24H25N5OS/c1-15(2)13-25-20-12-19(22-4-3-11-31-22)28-29-21(14-26-23(20)29)16-5-7-17(8-6-16)24(30)27-18-9-10-18/h3-8,11-12,14-15,18,25H,9-10,13H2,1-2H3,(H,27,30). The topological polar surface area (TPSA) is 71.3 Å². The summed E-state index contributed by atoms with van der Waals surface area (Å²) in [6, 6.07) is 14.2. The van der Waals surface area contributed by atoms with Crippen LogP contribution in [0.3, 0.4) is 0 Å². The highest BCUT2D eigenvalue weighted by Crippen LogP contribution is 2.30. The van der Waals surface area contributed by atoms with Gasteiger partial charge in [0, 0.05) is 23.7 Å². The van der Waals surface area contributed by atoms with Crippen molar-refractivity contribution in [3.8, 4) is 21.8 Å². The lowest BCUT2D eigenvalue weighted by molar-refractivity contribution is 0.0951. The lowest BCUT2D eigenvalue weighted by Crippen LogP contribution is -2.25. The summed E-state index contributed by atoms with van der Waals surface area (Å²) in [5.74, 6) is 0.507. The fraction of sp³-hybridized carbons (Fsp3) is 0.292. The van der Waals surface area contributed by atoms with E-state index in [0.29, 0.717) is 17.5 Å². The molecule has 5 rings (SSSR count). The summed E-state index contributed by atoms with van der Waals surface area (Å²) in [5, 5.41) is 13.5. The van der Waals surface area contributed by atoms with Crippen LogP contribution in [0, 0.1) is 5.92 Å². The highest BCUT2D eigenvalue weighted by Gasteiger charge is 2.23.